The lowest BCUT2D eigenvalue weighted by Gasteiger charge is -2.19. The number of fused-ring (bicyclic) bond motifs is 5. The molecule has 1 N–H and O–H groups in total. The lowest BCUT2D eigenvalue weighted by molar-refractivity contribution is 0.101. The van der Waals surface area contributed by atoms with E-state index in [1.165, 1.54) is 0 Å². The zero-order chi connectivity index (χ0) is 25.1. The first-order chi connectivity index (χ1) is 17.5. The first-order valence-corrected chi connectivity index (χ1v) is 12.1. The molecular formula is C26H30N8O2. The highest BCUT2D eigenvalue weighted by Crippen LogP contribution is 2.29. The van der Waals surface area contributed by atoms with Crippen LogP contribution in [0.3, 0.4) is 0 Å². The van der Waals surface area contributed by atoms with Gasteiger partial charge in [-0.2, -0.15) is 5.10 Å². The number of nitrogens with one attached hydrogen (secondary N) is 1. The number of carbonyl (C=O) groups excluding carboxylic acids is 1. The van der Waals surface area contributed by atoms with Crippen molar-refractivity contribution in [2.24, 2.45) is 0 Å². The van der Waals surface area contributed by atoms with Gasteiger partial charge < -0.3 is 19.5 Å². The SMILES string of the molecule is C[C@H]1CCCn2cnnc2-c2cccc(n2)NC(=O)c2cc(-c3cnn(CCN(C)C)c3)ccc2O1. The molecule has 10 heteroatoms. The van der Waals surface area contributed by atoms with Crippen molar-refractivity contribution in [1.82, 2.24) is 34.4 Å². The van der Waals surface area contributed by atoms with E-state index < -0.39 is 0 Å². The fourth-order valence-corrected chi connectivity index (χ4v) is 4.18. The molecule has 0 radical (unpaired) electrons. The third-order valence-corrected chi connectivity index (χ3v) is 6.14. The summed E-state index contributed by atoms with van der Waals surface area (Å²) in [5, 5.41) is 15.7. The van der Waals surface area contributed by atoms with Crippen LogP contribution in [0.5, 0.6) is 5.75 Å². The average molecular weight is 487 g/mol. The number of aryl methyl sites for hydroxylation is 1. The van der Waals surface area contributed by atoms with Crippen LogP contribution in [0.4, 0.5) is 5.82 Å². The van der Waals surface area contributed by atoms with Gasteiger partial charge in [0.15, 0.2) is 5.82 Å². The molecule has 1 amide bonds. The molecule has 1 aliphatic rings. The Morgan fingerprint density at radius 2 is 2.08 bits per heavy atom. The van der Waals surface area contributed by atoms with Gasteiger partial charge in [0.1, 0.15) is 23.6 Å². The molecule has 0 aliphatic carbocycles. The minimum atomic E-state index is -0.290. The van der Waals surface area contributed by atoms with Crippen LogP contribution in [-0.2, 0) is 13.1 Å². The van der Waals surface area contributed by atoms with Crippen molar-refractivity contribution in [2.75, 3.05) is 26.0 Å². The maximum Gasteiger partial charge on any atom is 0.260 e. The van der Waals surface area contributed by atoms with E-state index in [2.05, 4.69) is 30.5 Å². The minimum absolute atomic E-state index is 0.0741. The van der Waals surface area contributed by atoms with Crippen molar-refractivity contribution >= 4 is 11.7 Å². The van der Waals surface area contributed by atoms with Crippen LogP contribution in [0.25, 0.3) is 22.6 Å². The van der Waals surface area contributed by atoms with E-state index in [0.717, 1.165) is 43.6 Å². The highest BCUT2D eigenvalue weighted by molar-refractivity contribution is 6.06. The minimum Gasteiger partial charge on any atom is -0.490 e. The second kappa shape index (κ2) is 10.3. The first-order valence-electron chi connectivity index (χ1n) is 12.1. The second-order valence-corrected chi connectivity index (χ2v) is 9.29. The molecule has 5 rings (SSSR count). The van der Waals surface area contributed by atoms with E-state index in [9.17, 15) is 4.79 Å². The topological polar surface area (TPSA) is 103 Å². The summed E-state index contributed by atoms with van der Waals surface area (Å²) < 4.78 is 10.1. The van der Waals surface area contributed by atoms with Gasteiger partial charge in [0.05, 0.1) is 24.4 Å². The van der Waals surface area contributed by atoms with Gasteiger partial charge in [0, 0.05) is 24.8 Å². The number of anilines is 1. The monoisotopic (exact) mass is 486 g/mol. The van der Waals surface area contributed by atoms with Crippen LogP contribution in [0.15, 0.2) is 55.1 Å². The van der Waals surface area contributed by atoms with Gasteiger partial charge in [0.2, 0.25) is 0 Å². The number of pyridine rings is 1. The molecule has 36 heavy (non-hydrogen) atoms. The Morgan fingerprint density at radius 1 is 1.19 bits per heavy atom. The maximum absolute atomic E-state index is 13.5. The Hall–Kier alpha value is -4.05. The quantitative estimate of drug-likeness (QED) is 0.470. The standard InChI is InChI=1S/C26H30N8O2/c1-18-6-5-11-33-17-27-31-25(33)22-7-4-8-24(29-22)30-26(35)21-14-19(9-10-23(21)36-18)20-15-28-34(16-20)13-12-32(2)3/h4,7-10,14-18H,5-6,11-13H2,1-3H3,(H,29,30,35)/t18-/m0/s1. The molecule has 186 valence electrons. The van der Waals surface area contributed by atoms with E-state index in [1.807, 2.05) is 73.0 Å². The molecule has 1 aliphatic heterocycles. The van der Waals surface area contributed by atoms with Crippen molar-refractivity contribution in [3.8, 4) is 28.4 Å². The Labute approximate surface area is 209 Å². The predicted molar refractivity (Wildman–Crippen MR) is 137 cm³/mol. The molecule has 0 fully saturated rings. The van der Waals surface area contributed by atoms with Crippen molar-refractivity contribution in [3.63, 3.8) is 0 Å². The summed E-state index contributed by atoms with van der Waals surface area (Å²) >= 11 is 0. The van der Waals surface area contributed by atoms with E-state index in [0.29, 0.717) is 28.6 Å². The molecule has 1 aromatic carbocycles. The largest absolute Gasteiger partial charge is 0.490 e. The molecule has 1 atom stereocenters. The summed E-state index contributed by atoms with van der Waals surface area (Å²) in [6.45, 7) is 4.45. The fraction of sp³-hybridized carbons (Fsp3) is 0.346. The number of hydrogen-bond acceptors (Lipinski definition) is 7. The molecule has 4 aromatic rings. The fourth-order valence-electron chi connectivity index (χ4n) is 4.18. The van der Waals surface area contributed by atoms with E-state index in [4.69, 9.17) is 4.74 Å². The average Bonchev–Trinajstić information content (AvgIpc) is 3.52. The Morgan fingerprint density at radius 3 is 2.94 bits per heavy atom. The van der Waals surface area contributed by atoms with Gasteiger partial charge in [-0.05, 0) is 63.7 Å². The van der Waals surface area contributed by atoms with E-state index in [1.54, 1.807) is 12.4 Å². The summed E-state index contributed by atoms with van der Waals surface area (Å²) in [4.78, 5) is 20.2. The van der Waals surface area contributed by atoms with Crippen LogP contribution < -0.4 is 10.1 Å². The molecular weight excluding hydrogens is 456 g/mol. The third-order valence-electron chi connectivity index (χ3n) is 6.14. The highest BCUT2D eigenvalue weighted by Gasteiger charge is 2.19. The molecule has 0 saturated heterocycles. The Bertz CT molecular complexity index is 1360. The summed E-state index contributed by atoms with van der Waals surface area (Å²) in [6, 6.07) is 11.2. The van der Waals surface area contributed by atoms with Crippen LogP contribution in [0.1, 0.15) is 30.1 Å². The Balaban J connectivity index is 1.49. The van der Waals surface area contributed by atoms with Crippen LogP contribution in [-0.4, -0.2) is 67.1 Å². The zero-order valence-electron chi connectivity index (χ0n) is 20.8. The molecule has 3 aromatic heterocycles. The number of benzene rings is 1. The first kappa shape index (κ1) is 23.7. The van der Waals surface area contributed by atoms with Crippen LogP contribution >= 0.6 is 0 Å². The van der Waals surface area contributed by atoms with Gasteiger partial charge in [-0.3, -0.25) is 9.48 Å². The van der Waals surface area contributed by atoms with E-state index in [-0.39, 0.29) is 12.0 Å². The molecule has 0 spiro atoms. The van der Waals surface area contributed by atoms with E-state index >= 15 is 0 Å². The third kappa shape index (κ3) is 5.28. The number of ether oxygens (including phenoxy) is 1. The second-order valence-electron chi connectivity index (χ2n) is 9.29. The smallest absolute Gasteiger partial charge is 0.260 e. The number of carbonyl (C=O) groups is 1. The lowest BCUT2D eigenvalue weighted by Crippen LogP contribution is -2.19. The number of amides is 1. The van der Waals surface area contributed by atoms with Crippen molar-refractivity contribution in [2.45, 2.75) is 39.0 Å². The van der Waals surface area contributed by atoms with Gasteiger partial charge in [-0.25, -0.2) is 4.98 Å². The normalized spacial score (nSPS) is 16.0. The van der Waals surface area contributed by atoms with Crippen molar-refractivity contribution in [3.05, 3.63) is 60.7 Å². The van der Waals surface area contributed by atoms with Gasteiger partial charge in [-0.15, -0.1) is 10.2 Å². The predicted octanol–water partition coefficient (Wildman–Crippen LogP) is 3.58. The van der Waals surface area contributed by atoms with Gasteiger partial charge >= 0.3 is 0 Å². The number of likely N-dealkylation sites (N-methyl/N-ethyl adjacent to an activating group) is 1. The van der Waals surface area contributed by atoms with Crippen LogP contribution in [0, 0.1) is 0 Å². The van der Waals surface area contributed by atoms with Crippen molar-refractivity contribution < 1.29 is 9.53 Å². The summed E-state index contributed by atoms with van der Waals surface area (Å²) in [5.41, 5.74) is 2.95. The zero-order valence-corrected chi connectivity index (χ0v) is 20.8. The number of nitrogens with zero attached hydrogens (tertiary/aromatic N) is 7. The van der Waals surface area contributed by atoms with Gasteiger partial charge in [0.25, 0.3) is 5.91 Å². The summed E-state index contributed by atoms with van der Waals surface area (Å²) in [6.07, 6.45) is 7.14. The number of aromatic nitrogens is 6. The molecule has 4 heterocycles. The summed E-state index contributed by atoms with van der Waals surface area (Å²) in [7, 11) is 4.07. The molecule has 2 bridgehead atoms. The Kier molecular flexibility index (Phi) is 6.77. The number of rotatable bonds is 4. The summed E-state index contributed by atoms with van der Waals surface area (Å²) in [5.74, 6) is 1.36. The number of hydrogen-bond donors (Lipinski definition) is 1. The van der Waals surface area contributed by atoms with Gasteiger partial charge in [-0.1, -0.05) is 12.1 Å². The molecule has 0 saturated carbocycles. The van der Waals surface area contributed by atoms with Crippen molar-refractivity contribution in [1.29, 1.82) is 0 Å². The van der Waals surface area contributed by atoms with Crippen LogP contribution in [0.2, 0.25) is 0 Å². The molecule has 10 nitrogen and oxygen atoms in total. The maximum atomic E-state index is 13.5. The lowest BCUT2D eigenvalue weighted by atomic mass is 10.0. The molecule has 0 unspecified atom stereocenters. The highest BCUT2D eigenvalue weighted by atomic mass is 16.5.